The van der Waals surface area contributed by atoms with Crippen LogP contribution in [0.25, 0.3) is 0 Å². The molecule has 0 unspecified atom stereocenters. The number of carbonyl (C=O) groups excluding carboxylic acids is 2. The summed E-state index contributed by atoms with van der Waals surface area (Å²) in [5.41, 5.74) is -0.556. The first kappa shape index (κ1) is 23.6. The Morgan fingerprint density at radius 3 is 1.88 bits per heavy atom. The summed E-state index contributed by atoms with van der Waals surface area (Å²) in [6.45, 7) is 3.59. The van der Waals surface area contributed by atoms with Gasteiger partial charge >= 0.3 is 0 Å². The summed E-state index contributed by atoms with van der Waals surface area (Å²) in [7, 11) is 0. The van der Waals surface area contributed by atoms with Crippen molar-refractivity contribution in [3.63, 3.8) is 0 Å². The predicted octanol–water partition coefficient (Wildman–Crippen LogP) is 2.65. The number of alkyl halides is 6. The Kier molecular flexibility index (Phi) is 7.86. The number of halogens is 6. The van der Waals surface area contributed by atoms with Crippen LogP contribution >= 0.6 is 69.6 Å². The van der Waals surface area contributed by atoms with Gasteiger partial charge in [-0.05, 0) is 17.8 Å². The van der Waals surface area contributed by atoms with Gasteiger partial charge in [-0.2, -0.15) is 0 Å². The highest BCUT2D eigenvalue weighted by Crippen LogP contribution is 2.53. The Morgan fingerprint density at radius 2 is 1.48 bits per heavy atom. The van der Waals surface area contributed by atoms with Crippen LogP contribution in [0, 0.1) is 17.3 Å². The number of rotatable bonds is 5. The number of nitrogens with one attached hydrogen (secondary N) is 2. The highest BCUT2D eigenvalue weighted by atomic mass is 35.6. The standard InChI is InChI=1S/C13H18Cl6N2O4/c1-11(2)5(4-7(22)20-9(24)12(14,15)16)3-6(11)8(23)21-10(25)13(17,18)19/h5-6,9-10,24-25H,3-4H2,1-2H3,(H,20,22)(H,21,23)/t5-,6-,9-,10-/m1/s1. The van der Waals surface area contributed by atoms with Gasteiger partial charge in [-0.1, -0.05) is 83.5 Å². The van der Waals surface area contributed by atoms with Gasteiger partial charge < -0.3 is 20.8 Å². The molecule has 0 heterocycles. The number of carbonyl (C=O) groups is 2. The van der Waals surface area contributed by atoms with E-state index in [0.29, 0.717) is 6.42 Å². The van der Waals surface area contributed by atoms with Crippen LogP contribution in [0.3, 0.4) is 0 Å². The molecule has 1 rings (SSSR count). The molecule has 1 saturated carbocycles. The fourth-order valence-electron chi connectivity index (χ4n) is 2.64. The summed E-state index contributed by atoms with van der Waals surface area (Å²) in [6.07, 6.45) is -2.89. The van der Waals surface area contributed by atoms with Crippen molar-refractivity contribution >= 4 is 81.4 Å². The second kappa shape index (κ2) is 8.31. The fraction of sp³-hybridized carbons (Fsp3) is 0.846. The quantitative estimate of drug-likeness (QED) is 0.360. The second-order valence-corrected chi connectivity index (χ2v) is 11.2. The SMILES string of the molecule is CC1(C)[C@@H](CC(=O)N[C@H](O)C(Cl)(Cl)Cl)C[C@@H]1C(=O)N[C@H](O)C(Cl)(Cl)Cl. The van der Waals surface area contributed by atoms with E-state index in [4.69, 9.17) is 69.6 Å². The van der Waals surface area contributed by atoms with E-state index >= 15 is 0 Å². The molecule has 0 bridgehead atoms. The average molecular weight is 479 g/mol. The second-order valence-electron chi connectivity index (χ2n) is 6.48. The molecule has 2 amide bonds. The Balaban J connectivity index is 2.58. The molecule has 12 heteroatoms. The van der Waals surface area contributed by atoms with Crippen molar-refractivity contribution in [1.29, 1.82) is 0 Å². The van der Waals surface area contributed by atoms with Crippen LogP contribution < -0.4 is 10.6 Å². The van der Waals surface area contributed by atoms with Crippen LogP contribution in [-0.4, -0.2) is 42.1 Å². The van der Waals surface area contributed by atoms with E-state index < -0.39 is 43.2 Å². The third-order valence-electron chi connectivity index (χ3n) is 4.42. The van der Waals surface area contributed by atoms with E-state index in [-0.39, 0.29) is 12.3 Å². The molecule has 0 spiro atoms. The molecule has 0 saturated heterocycles. The lowest BCUT2D eigenvalue weighted by molar-refractivity contribution is -0.147. The average Bonchev–Trinajstić information content (AvgIpc) is 2.40. The molecule has 25 heavy (non-hydrogen) atoms. The number of aliphatic hydroxyl groups excluding tert-OH is 2. The normalized spacial score (nSPS) is 25.5. The van der Waals surface area contributed by atoms with Crippen LogP contribution in [0.1, 0.15) is 26.7 Å². The van der Waals surface area contributed by atoms with Crippen molar-refractivity contribution in [2.24, 2.45) is 17.3 Å². The minimum Gasteiger partial charge on any atom is -0.369 e. The third-order valence-corrected chi connectivity index (χ3v) is 5.66. The zero-order valence-electron chi connectivity index (χ0n) is 13.2. The summed E-state index contributed by atoms with van der Waals surface area (Å²) in [5.74, 6) is -1.64. The van der Waals surface area contributed by atoms with Crippen LogP contribution in [-0.2, 0) is 9.59 Å². The maximum Gasteiger partial charge on any atom is 0.234 e. The van der Waals surface area contributed by atoms with Crippen molar-refractivity contribution in [2.75, 3.05) is 0 Å². The summed E-state index contributed by atoms with van der Waals surface area (Å²) < 4.78 is -4.09. The topological polar surface area (TPSA) is 98.7 Å². The van der Waals surface area contributed by atoms with Gasteiger partial charge in [0.25, 0.3) is 0 Å². The van der Waals surface area contributed by atoms with Crippen LogP contribution in [0.5, 0.6) is 0 Å². The predicted molar refractivity (Wildman–Crippen MR) is 98.9 cm³/mol. The molecule has 1 aliphatic rings. The lowest BCUT2D eigenvalue weighted by Gasteiger charge is -2.51. The fourth-order valence-corrected chi connectivity index (χ4v) is 2.97. The van der Waals surface area contributed by atoms with Crippen LogP contribution in [0.2, 0.25) is 0 Å². The molecule has 0 aromatic rings. The molecule has 1 aliphatic carbocycles. The Labute approximate surface area is 175 Å². The van der Waals surface area contributed by atoms with E-state index in [1.54, 1.807) is 13.8 Å². The third kappa shape index (κ3) is 6.32. The lowest BCUT2D eigenvalue weighted by Crippen LogP contribution is -2.57. The number of amides is 2. The van der Waals surface area contributed by atoms with Gasteiger partial charge in [-0.25, -0.2) is 0 Å². The summed E-state index contributed by atoms with van der Waals surface area (Å²) in [4.78, 5) is 24.1. The van der Waals surface area contributed by atoms with Crippen molar-refractivity contribution in [2.45, 2.75) is 46.7 Å². The van der Waals surface area contributed by atoms with Gasteiger partial charge in [0.2, 0.25) is 19.4 Å². The molecule has 146 valence electrons. The Bertz CT molecular complexity index is 520. The van der Waals surface area contributed by atoms with Gasteiger partial charge in [0, 0.05) is 12.3 Å². The zero-order chi connectivity index (χ0) is 19.8. The largest absolute Gasteiger partial charge is 0.369 e. The highest BCUT2D eigenvalue weighted by Gasteiger charge is 2.53. The highest BCUT2D eigenvalue weighted by molar-refractivity contribution is 6.68. The first-order chi connectivity index (χ1) is 11.1. The van der Waals surface area contributed by atoms with E-state index in [1.807, 2.05) is 0 Å². The smallest absolute Gasteiger partial charge is 0.234 e. The molecule has 0 aromatic heterocycles. The molecule has 4 N–H and O–H groups in total. The minimum atomic E-state index is -2.05. The molecular weight excluding hydrogens is 461 g/mol. The molecule has 4 atom stereocenters. The van der Waals surface area contributed by atoms with Gasteiger partial charge in [-0.15, -0.1) is 0 Å². The van der Waals surface area contributed by atoms with Crippen LogP contribution in [0.15, 0.2) is 0 Å². The lowest BCUT2D eigenvalue weighted by atomic mass is 9.53. The molecule has 6 nitrogen and oxygen atoms in total. The number of hydrogen-bond donors (Lipinski definition) is 4. The van der Waals surface area contributed by atoms with Crippen molar-refractivity contribution in [1.82, 2.24) is 10.6 Å². The molecular formula is C13H18Cl6N2O4. The van der Waals surface area contributed by atoms with E-state index in [1.165, 1.54) is 0 Å². The summed E-state index contributed by atoms with van der Waals surface area (Å²) >= 11 is 32.9. The monoisotopic (exact) mass is 476 g/mol. The van der Waals surface area contributed by atoms with Crippen molar-refractivity contribution < 1.29 is 19.8 Å². The van der Waals surface area contributed by atoms with Gasteiger partial charge in [0.05, 0.1) is 0 Å². The Morgan fingerprint density at radius 1 is 1.04 bits per heavy atom. The maximum absolute atomic E-state index is 12.2. The summed E-state index contributed by atoms with van der Waals surface area (Å²) in [6, 6.07) is 0. The van der Waals surface area contributed by atoms with E-state index in [0.717, 1.165) is 0 Å². The van der Waals surface area contributed by atoms with E-state index in [9.17, 15) is 19.8 Å². The Hall–Kier alpha value is 0.600. The molecule has 0 radical (unpaired) electrons. The number of hydrogen-bond acceptors (Lipinski definition) is 4. The van der Waals surface area contributed by atoms with Crippen molar-refractivity contribution in [3.05, 3.63) is 0 Å². The molecule has 0 aliphatic heterocycles. The van der Waals surface area contributed by atoms with Gasteiger partial charge in [0.1, 0.15) is 0 Å². The van der Waals surface area contributed by atoms with E-state index in [2.05, 4.69) is 10.6 Å². The van der Waals surface area contributed by atoms with Gasteiger partial charge in [-0.3, -0.25) is 9.59 Å². The van der Waals surface area contributed by atoms with Crippen molar-refractivity contribution in [3.8, 4) is 0 Å². The first-order valence-electron chi connectivity index (χ1n) is 7.16. The van der Waals surface area contributed by atoms with Crippen LogP contribution in [0.4, 0.5) is 0 Å². The van der Waals surface area contributed by atoms with Gasteiger partial charge in [0.15, 0.2) is 12.5 Å². The summed E-state index contributed by atoms with van der Waals surface area (Å²) in [5, 5.41) is 23.6. The maximum atomic E-state index is 12.2. The first-order valence-corrected chi connectivity index (χ1v) is 9.43. The number of aliphatic hydroxyl groups is 2. The molecule has 0 aromatic carbocycles. The zero-order valence-corrected chi connectivity index (χ0v) is 17.7. The molecule has 1 fully saturated rings. The minimum absolute atomic E-state index is 0.0294.